The number of hydrogen-bond donors (Lipinski definition) is 2. The third-order valence-corrected chi connectivity index (χ3v) is 3.09. The minimum atomic E-state index is -1.17. The summed E-state index contributed by atoms with van der Waals surface area (Å²) in [5.74, 6) is -1.62. The molecule has 1 atom stereocenters. The summed E-state index contributed by atoms with van der Waals surface area (Å²) < 4.78 is 0.429. The second-order valence-corrected chi connectivity index (χ2v) is 4.68. The van der Waals surface area contributed by atoms with E-state index in [9.17, 15) is 19.7 Å². The van der Waals surface area contributed by atoms with Gasteiger partial charge in [0.25, 0.3) is 5.69 Å². The van der Waals surface area contributed by atoms with Crippen molar-refractivity contribution in [1.82, 2.24) is 5.32 Å². The Balaban J connectivity index is 2.94. The SMILES string of the molecule is CC(=O)NC(Cc1ccc([N+](=O)[O-])cc1Br)C(=O)O. The fourth-order valence-corrected chi connectivity index (χ4v) is 2.01. The van der Waals surface area contributed by atoms with Crippen LogP contribution in [0.3, 0.4) is 0 Å². The van der Waals surface area contributed by atoms with E-state index in [1.54, 1.807) is 0 Å². The fraction of sp³-hybridized carbons (Fsp3) is 0.273. The summed E-state index contributed by atoms with van der Waals surface area (Å²) in [5.41, 5.74) is 0.466. The molecule has 7 nitrogen and oxygen atoms in total. The monoisotopic (exact) mass is 330 g/mol. The van der Waals surface area contributed by atoms with Gasteiger partial charge in [-0.2, -0.15) is 0 Å². The molecule has 0 bridgehead atoms. The van der Waals surface area contributed by atoms with E-state index in [2.05, 4.69) is 21.2 Å². The highest BCUT2D eigenvalue weighted by atomic mass is 79.9. The number of amides is 1. The van der Waals surface area contributed by atoms with Gasteiger partial charge in [0.15, 0.2) is 0 Å². The summed E-state index contributed by atoms with van der Waals surface area (Å²) in [6.07, 6.45) is 0.0352. The van der Waals surface area contributed by atoms with Gasteiger partial charge >= 0.3 is 5.97 Å². The molecule has 1 rings (SSSR count). The zero-order valence-electron chi connectivity index (χ0n) is 9.92. The van der Waals surface area contributed by atoms with Crippen molar-refractivity contribution in [2.45, 2.75) is 19.4 Å². The Labute approximate surface area is 116 Å². The molecule has 0 aromatic heterocycles. The minimum absolute atomic E-state index is 0.0352. The number of nitro benzene ring substituents is 1. The molecule has 1 aromatic carbocycles. The van der Waals surface area contributed by atoms with Gasteiger partial charge in [0, 0.05) is 30.0 Å². The van der Waals surface area contributed by atoms with E-state index in [-0.39, 0.29) is 12.1 Å². The summed E-state index contributed by atoms with van der Waals surface area (Å²) in [6, 6.07) is 2.96. The van der Waals surface area contributed by atoms with Gasteiger partial charge in [-0.05, 0) is 5.56 Å². The topological polar surface area (TPSA) is 110 Å². The van der Waals surface area contributed by atoms with Crippen LogP contribution in [0, 0.1) is 10.1 Å². The number of nitrogens with one attached hydrogen (secondary N) is 1. The highest BCUT2D eigenvalue weighted by Gasteiger charge is 2.20. The summed E-state index contributed by atoms with van der Waals surface area (Å²) in [7, 11) is 0. The number of carboxylic acids is 1. The zero-order valence-corrected chi connectivity index (χ0v) is 11.5. The second kappa shape index (κ2) is 6.28. The molecule has 0 aliphatic rings. The molecule has 1 unspecified atom stereocenters. The number of rotatable bonds is 5. The lowest BCUT2D eigenvalue weighted by molar-refractivity contribution is -0.384. The molecule has 0 aliphatic carbocycles. The van der Waals surface area contributed by atoms with E-state index < -0.39 is 22.8 Å². The molecule has 0 saturated heterocycles. The number of benzene rings is 1. The highest BCUT2D eigenvalue weighted by Crippen LogP contribution is 2.24. The van der Waals surface area contributed by atoms with E-state index in [1.807, 2.05) is 0 Å². The van der Waals surface area contributed by atoms with Gasteiger partial charge in [0.2, 0.25) is 5.91 Å². The van der Waals surface area contributed by atoms with Crippen molar-refractivity contribution in [2.24, 2.45) is 0 Å². The van der Waals surface area contributed by atoms with Crippen LogP contribution in [0.5, 0.6) is 0 Å². The van der Waals surface area contributed by atoms with E-state index in [0.29, 0.717) is 10.0 Å². The lowest BCUT2D eigenvalue weighted by Crippen LogP contribution is -2.41. The predicted octanol–water partition coefficient (Wildman–Crippen LogP) is 1.49. The number of hydrogen-bond acceptors (Lipinski definition) is 4. The van der Waals surface area contributed by atoms with Crippen LogP contribution in [-0.2, 0) is 16.0 Å². The van der Waals surface area contributed by atoms with Crippen molar-refractivity contribution in [3.63, 3.8) is 0 Å². The zero-order chi connectivity index (χ0) is 14.6. The smallest absolute Gasteiger partial charge is 0.326 e. The van der Waals surface area contributed by atoms with Gasteiger partial charge in [0.05, 0.1) is 4.92 Å². The average molecular weight is 331 g/mol. The van der Waals surface area contributed by atoms with Gasteiger partial charge in [-0.1, -0.05) is 22.0 Å². The van der Waals surface area contributed by atoms with E-state index in [4.69, 9.17) is 5.11 Å². The molecule has 8 heteroatoms. The Kier molecular flexibility index (Phi) is 4.99. The molecule has 0 spiro atoms. The van der Waals surface area contributed by atoms with Gasteiger partial charge in [-0.15, -0.1) is 0 Å². The summed E-state index contributed by atoms with van der Waals surface area (Å²) in [4.78, 5) is 31.9. The van der Waals surface area contributed by atoms with Gasteiger partial charge in [-0.25, -0.2) is 4.79 Å². The van der Waals surface area contributed by atoms with Crippen LogP contribution in [0.2, 0.25) is 0 Å². The highest BCUT2D eigenvalue weighted by molar-refractivity contribution is 9.10. The van der Waals surface area contributed by atoms with Crippen molar-refractivity contribution in [3.05, 3.63) is 38.3 Å². The van der Waals surface area contributed by atoms with Crippen molar-refractivity contribution < 1.29 is 19.6 Å². The molecule has 1 amide bonds. The first-order valence-electron chi connectivity index (χ1n) is 5.24. The van der Waals surface area contributed by atoms with Crippen LogP contribution >= 0.6 is 15.9 Å². The average Bonchev–Trinajstić information content (AvgIpc) is 2.29. The summed E-state index contributed by atoms with van der Waals surface area (Å²) in [6.45, 7) is 1.22. The number of nitrogens with zero attached hydrogens (tertiary/aromatic N) is 1. The van der Waals surface area contributed by atoms with Gasteiger partial charge in [-0.3, -0.25) is 14.9 Å². The molecule has 0 fully saturated rings. The normalized spacial score (nSPS) is 11.7. The molecular formula is C11H11BrN2O5. The van der Waals surface area contributed by atoms with E-state index in [0.717, 1.165) is 0 Å². The first kappa shape index (κ1) is 15.1. The second-order valence-electron chi connectivity index (χ2n) is 3.83. The quantitative estimate of drug-likeness (QED) is 0.627. The minimum Gasteiger partial charge on any atom is -0.480 e. The Hall–Kier alpha value is -1.96. The molecular weight excluding hydrogens is 320 g/mol. The molecule has 1 aromatic rings. The Morgan fingerprint density at radius 1 is 1.53 bits per heavy atom. The maximum absolute atomic E-state index is 11.0. The van der Waals surface area contributed by atoms with Gasteiger partial charge in [0.1, 0.15) is 6.04 Å². The van der Waals surface area contributed by atoms with Crippen LogP contribution in [0.4, 0.5) is 5.69 Å². The van der Waals surface area contributed by atoms with Crippen LogP contribution in [0.15, 0.2) is 22.7 Å². The first-order chi connectivity index (χ1) is 8.81. The Morgan fingerprint density at radius 3 is 2.58 bits per heavy atom. The fourth-order valence-electron chi connectivity index (χ4n) is 1.48. The third-order valence-electron chi connectivity index (χ3n) is 2.35. The lowest BCUT2D eigenvalue weighted by atomic mass is 10.1. The molecule has 19 heavy (non-hydrogen) atoms. The van der Waals surface area contributed by atoms with E-state index in [1.165, 1.54) is 25.1 Å². The first-order valence-corrected chi connectivity index (χ1v) is 6.03. The summed E-state index contributed by atoms with van der Waals surface area (Å²) in [5, 5.41) is 21.9. The van der Waals surface area contributed by atoms with E-state index >= 15 is 0 Å². The van der Waals surface area contributed by atoms with Crippen molar-refractivity contribution >= 4 is 33.5 Å². The molecule has 0 heterocycles. The maximum Gasteiger partial charge on any atom is 0.326 e. The van der Waals surface area contributed by atoms with Crippen LogP contribution in [-0.4, -0.2) is 27.9 Å². The Morgan fingerprint density at radius 2 is 2.16 bits per heavy atom. The number of carbonyl (C=O) groups is 2. The van der Waals surface area contributed by atoms with Crippen molar-refractivity contribution in [3.8, 4) is 0 Å². The predicted molar refractivity (Wildman–Crippen MR) is 69.7 cm³/mol. The molecule has 2 N–H and O–H groups in total. The van der Waals surface area contributed by atoms with Crippen molar-refractivity contribution in [2.75, 3.05) is 0 Å². The maximum atomic E-state index is 11.0. The number of non-ortho nitro benzene ring substituents is 1. The molecule has 0 aliphatic heterocycles. The number of carbonyl (C=O) groups excluding carboxylic acids is 1. The van der Waals surface area contributed by atoms with Gasteiger partial charge < -0.3 is 10.4 Å². The molecule has 102 valence electrons. The molecule has 0 saturated carbocycles. The number of nitro groups is 1. The number of aliphatic carboxylic acids is 1. The number of carboxylic acid groups (broad SMARTS) is 1. The van der Waals surface area contributed by atoms with Crippen LogP contribution in [0.1, 0.15) is 12.5 Å². The third kappa shape index (κ3) is 4.32. The van der Waals surface area contributed by atoms with Crippen LogP contribution in [0.25, 0.3) is 0 Å². The number of halogens is 1. The standard InChI is InChI=1S/C11H11BrN2O5/c1-6(15)13-10(11(16)17)4-7-2-3-8(14(18)19)5-9(7)12/h2-3,5,10H,4H2,1H3,(H,13,15)(H,16,17). The Bertz CT molecular complexity index is 532. The molecule has 0 radical (unpaired) electrons. The summed E-state index contributed by atoms with van der Waals surface area (Å²) >= 11 is 3.15. The van der Waals surface area contributed by atoms with Crippen molar-refractivity contribution in [1.29, 1.82) is 0 Å². The largest absolute Gasteiger partial charge is 0.480 e. The van der Waals surface area contributed by atoms with Crippen LogP contribution < -0.4 is 5.32 Å². The lowest BCUT2D eigenvalue weighted by Gasteiger charge is -2.14.